The highest BCUT2D eigenvalue weighted by Gasteiger charge is 2.34. The van der Waals surface area contributed by atoms with Crippen molar-refractivity contribution in [1.82, 2.24) is 25.0 Å². The fourth-order valence-electron chi connectivity index (χ4n) is 3.27. The average Bonchev–Trinajstić information content (AvgIpc) is 3.40. The van der Waals surface area contributed by atoms with Crippen molar-refractivity contribution in [2.75, 3.05) is 18.5 Å². The Morgan fingerprint density at radius 1 is 1.16 bits per heavy atom. The number of methoxy groups -OCH3 is 1. The first-order valence-electron chi connectivity index (χ1n) is 9.10. The van der Waals surface area contributed by atoms with E-state index in [1.807, 2.05) is 0 Å². The molecule has 168 valence electrons. The molecule has 0 fully saturated rings. The van der Waals surface area contributed by atoms with Crippen molar-refractivity contribution in [2.24, 2.45) is 7.05 Å². The molecule has 32 heavy (non-hydrogen) atoms. The fourth-order valence-corrected chi connectivity index (χ4v) is 4.42. The first-order chi connectivity index (χ1) is 15.0. The molecule has 0 bridgehead atoms. The molecule has 0 radical (unpaired) electrons. The number of aryl methyl sites for hydroxylation is 1. The van der Waals surface area contributed by atoms with Gasteiger partial charge in [-0.2, -0.15) is 23.4 Å². The monoisotopic (exact) mass is 466 g/mol. The number of benzene rings is 1. The summed E-state index contributed by atoms with van der Waals surface area (Å²) in [7, 11) is 0.399. The van der Waals surface area contributed by atoms with Gasteiger partial charge >= 0.3 is 6.18 Å². The van der Waals surface area contributed by atoms with E-state index in [0.717, 1.165) is 22.0 Å². The first-order valence-corrected chi connectivity index (χ1v) is 10.5. The number of nitrogens with one attached hydrogen (secondary N) is 1. The number of pyridine rings is 1. The standard InChI is InChI=1S/C19H17F3N6O3S/c1-27-17-11(9-24-27)4-7-15(31-3)18(17)28(2)32(29,30)12-5-6-13(23-10-12)14-8-16(26-25-14)19(20,21)22/h4-10H,1-3H3,(H,25,26). The van der Waals surface area contributed by atoms with Gasteiger partial charge in [0, 0.05) is 25.7 Å². The van der Waals surface area contributed by atoms with Crippen LogP contribution in [-0.2, 0) is 23.2 Å². The summed E-state index contributed by atoms with van der Waals surface area (Å²) in [6.07, 6.45) is -1.92. The Bertz CT molecular complexity index is 1390. The zero-order valence-electron chi connectivity index (χ0n) is 17.0. The van der Waals surface area contributed by atoms with Gasteiger partial charge in [-0.25, -0.2) is 8.42 Å². The number of alkyl halides is 3. The van der Waals surface area contributed by atoms with E-state index in [9.17, 15) is 21.6 Å². The van der Waals surface area contributed by atoms with Crippen LogP contribution in [0.3, 0.4) is 0 Å². The summed E-state index contributed by atoms with van der Waals surface area (Å²) in [5, 5.41) is 10.4. The number of hydrogen-bond donors (Lipinski definition) is 1. The molecule has 4 aromatic rings. The number of H-pyrrole nitrogens is 1. The second kappa shape index (κ2) is 7.51. The number of aromatic amines is 1. The molecular weight excluding hydrogens is 449 g/mol. The van der Waals surface area contributed by atoms with Crippen LogP contribution in [0.1, 0.15) is 5.69 Å². The summed E-state index contributed by atoms with van der Waals surface area (Å²) < 4.78 is 72.8. The summed E-state index contributed by atoms with van der Waals surface area (Å²) in [5.41, 5.74) is -0.131. The van der Waals surface area contributed by atoms with Crippen LogP contribution in [0, 0.1) is 0 Å². The molecule has 0 saturated heterocycles. The molecule has 0 unspecified atom stereocenters. The van der Waals surface area contributed by atoms with Gasteiger partial charge in [0.05, 0.1) is 30.2 Å². The lowest BCUT2D eigenvalue weighted by Crippen LogP contribution is -2.27. The average molecular weight is 466 g/mol. The number of rotatable bonds is 5. The Balaban J connectivity index is 1.72. The van der Waals surface area contributed by atoms with Gasteiger partial charge in [-0.15, -0.1) is 0 Å². The lowest BCUT2D eigenvalue weighted by molar-refractivity contribution is -0.141. The van der Waals surface area contributed by atoms with E-state index in [2.05, 4.69) is 20.3 Å². The SMILES string of the molecule is COc1ccc2cnn(C)c2c1N(C)S(=O)(=O)c1ccc(-c2cc(C(F)(F)F)n[nH]2)nc1. The van der Waals surface area contributed by atoms with Crippen LogP contribution in [0.25, 0.3) is 22.3 Å². The van der Waals surface area contributed by atoms with Crippen molar-refractivity contribution >= 4 is 26.6 Å². The van der Waals surface area contributed by atoms with E-state index in [1.54, 1.807) is 25.4 Å². The van der Waals surface area contributed by atoms with Gasteiger partial charge in [0.2, 0.25) is 0 Å². The van der Waals surface area contributed by atoms with Crippen LogP contribution in [-0.4, -0.2) is 47.5 Å². The highest BCUT2D eigenvalue weighted by molar-refractivity contribution is 7.92. The normalized spacial score (nSPS) is 12.3. The number of nitrogens with zero attached hydrogens (tertiary/aromatic N) is 5. The van der Waals surface area contributed by atoms with E-state index < -0.39 is 21.9 Å². The smallest absolute Gasteiger partial charge is 0.435 e. The predicted octanol–water partition coefficient (Wildman–Crippen LogP) is 3.21. The Morgan fingerprint density at radius 3 is 2.50 bits per heavy atom. The van der Waals surface area contributed by atoms with Crippen molar-refractivity contribution < 1.29 is 26.3 Å². The lowest BCUT2D eigenvalue weighted by atomic mass is 10.2. The molecule has 0 aliphatic rings. The molecule has 0 atom stereocenters. The molecule has 3 heterocycles. The molecule has 1 aromatic carbocycles. The third-order valence-corrected chi connectivity index (χ3v) is 6.65. The van der Waals surface area contributed by atoms with E-state index in [4.69, 9.17) is 4.74 Å². The van der Waals surface area contributed by atoms with Crippen molar-refractivity contribution in [3.63, 3.8) is 0 Å². The summed E-state index contributed by atoms with van der Waals surface area (Å²) >= 11 is 0. The number of ether oxygens (including phenoxy) is 1. The fraction of sp³-hybridized carbons (Fsp3) is 0.211. The predicted molar refractivity (Wildman–Crippen MR) is 110 cm³/mol. The highest BCUT2D eigenvalue weighted by Crippen LogP contribution is 2.38. The summed E-state index contributed by atoms with van der Waals surface area (Å²) in [4.78, 5) is 3.85. The molecule has 13 heteroatoms. The van der Waals surface area contributed by atoms with Crippen molar-refractivity contribution in [3.05, 3.63) is 48.4 Å². The van der Waals surface area contributed by atoms with Crippen LogP contribution >= 0.6 is 0 Å². The minimum atomic E-state index is -4.60. The van der Waals surface area contributed by atoms with Gasteiger partial charge in [-0.3, -0.25) is 19.1 Å². The molecule has 0 spiro atoms. The summed E-state index contributed by atoms with van der Waals surface area (Å²) in [5.74, 6) is 0.328. The van der Waals surface area contributed by atoms with Crippen molar-refractivity contribution in [2.45, 2.75) is 11.1 Å². The Hall–Kier alpha value is -3.61. The molecule has 9 nitrogen and oxygen atoms in total. The topological polar surface area (TPSA) is 106 Å². The van der Waals surface area contributed by atoms with Crippen molar-refractivity contribution in [1.29, 1.82) is 0 Å². The molecule has 1 N–H and O–H groups in total. The number of sulfonamides is 1. The van der Waals surface area contributed by atoms with Crippen LogP contribution in [0.5, 0.6) is 5.75 Å². The second-order valence-corrected chi connectivity index (χ2v) is 8.81. The lowest BCUT2D eigenvalue weighted by Gasteiger charge is -2.22. The molecule has 3 aromatic heterocycles. The van der Waals surface area contributed by atoms with Gasteiger partial charge in [0.25, 0.3) is 10.0 Å². The minimum Gasteiger partial charge on any atom is -0.494 e. The van der Waals surface area contributed by atoms with E-state index >= 15 is 0 Å². The quantitative estimate of drug-likeness (QED) is 0.484. The van der Waals surface area contributed by atoms with Crippen LogP contribution < -0.4 is 9.04 Å². The van der Waals surface area contributed by atoms with Crippen LogP contribution in [0.2, 0.25) is 0 Å². The van der Waals surface area contributed by atoms with Crippen LogP contribution in [0.4, 0.5) is 18.9 Å². The van der Waals surface area contributed by atoms with Crippen molar-refractivity contribution in [3.8, 4) is 17.1 Å². The molecular formula is C19H17F3N6O3S. The molecule has 0 aliphatic heterocycles. The van der Waals surface area contributed by atoms with Gasteiger partial charge in [0.15, 0.2) is 5.69 Å². The number of aromatic nitrogens is 5. The minimum absolute atomic E-state index is 0.0101. The van der Waals surface area contributed by atoms with Crippen LogP contribution in [0.15, 0.2) is 47.6 Å². The maximum absolute atomic E-state index is 13.3. The zero-order chi connectivity index (χ0) is 23.3. The molecule has 0 aliphatic carbocycles. The first kappa shape index (κ1) is 21.6. The maximum Gasteiger partial charge on any atom is 0.435 e. The van der Waals surface area contributed by atoms with E-state index in [0.29, 0.717) is 11.3 Å². The van der Waals surface area contributed by atoms with E-state index in [1.165, 1.54) is 31.0 Å². The van der Waals surface area contributed by atoms with E-state index in [-0.39, 0.29) is 22.0 Å². The Kier molecular flexibility index (Phi) is 5.07. The Morgan fingerprint density at radius 2 is 1.91 bits per heavy atom. The molecule has 4 rings (SSSR count). The number of fused-ring (bicyclic) bond motifs is 1. The number of halogens is 3. The summed E-state index contributed by atoms with van der Waals surface area (Å²) in [6.45, 7) is 0. The van der Waals surface area contributed by atoms with Gasteiger partial charge in [0.1, 0.15) is 16.3 Å². The van der Waals surface area contributed by atoms with Gasteiger partial charge in [-0.05, 0) is 30.3 Å². The second-order valence-electron chi connectivity index (χ2n) is 6.84. The highest BCUT2D eigenvalue weighted by atomic mass is 32.2. The van der Waals surface area contributed by atoms with Gasteiger partial charge < -0.3 is 4.74 Å². The molecule has 0 saturated carbocycles. The molecule has 0 amide bonds. The zero-order valence-corrected chi connectivity index (χ0v) is 17.9. The third-order valence-electron chi connectivity index (χ3n) is 4.91. The summed E-state index contributed by atoms with van der Waals surface area (Å²) in [6, 6.07) is 6.77. The third kappa shape index (κ3) is 3.53. The number of hydrogen-bond acceptors (Lipinski definition) is 6. The largest absolute Gasteiger partial charge is 0.494 e. The maximum atomic E-state index is 13.3. The Labute approximate surface area is 180 Å². The number of anilines is 1. The van der Waals surface area contributed by atoms with Gasteiger partial charge in [-0.1, -0.05) is 0 Å².